The number of hydrogen-bond donors (Lipinski definition) is 2. The Kier molecular flexibility index (Phi) is 4.45. The van der Waals surface area contributed by atoms with Crippen LogP contribution in [0.4, 0.5) is 0 Å². The summed E-state index contributed by atoms with van der Waals surface area (Å²) in [5, 5.41) is 15.4. The first-order valence-electron chi connectivity index (χ1n) is 9.92. The maximum absolute atomic E-state index is 4.57. The SMILES string of the molecule is CC1CC=CC=C1c1cc(-c2cccc(-c3cc(-c4ccccc4)[nH]n3)c2)n[nH]1. The van der Waals surface area contributed by atoms with Crippen molar-refractivity contribution in [3.8, 4) is 33.8 Å². The van der Waals surface area contributed by atoms with Gasteiger partial charge in [0.2, 0.25) is 0 Å². The van der Waals surface area contributed by atoms with E-state index in [1.54, 1.807) is 0 Å². The molecule has 1 aliphatic rings. The number of rotatable bonds is 4. The van der Waals surface area contributed by atoms with Crippen molar-refractivity contribution in [3.05, 3.63) is 90.7 Å². The van der Waals surface area contributed by atoms with E-state index >= 15 is 0 Å². The van der Waals surface area contributed by atoms with E-state index < -0.39 is 0 Å². The first-order valence-corrected chi connectivity index (χ1v) is 9.92. The average Bonchev–Trinajstić information content (AvgIpc) is 3.45. The highest BCUT2D eigenvalue weighted by atomic mass is 15.1. The second kappa shape index (κ2) is 7.40. The van der Waals surface area contributed by atoms with Gasteiger partial charge in [0.05, 0.1) is 22.8 Å². The molecule has 4 heteroatoms. The van der Waals surface area contributed by atoms with Crippen LogP contribution in [0.3, 0.4) is 0 Å². The normalized spacial score (nSPS) is 16.0. The van der Waals surface area contributed by atoms with Crippen LogP contribution >= 0.6 is 0 Å². The van der Waals surface area contributed by atoms with Crippen LogP contribution in [-0.2, 0) is 0 Å². The van der Waals surface area contributed by atoms with Gasteiger partial charge in [0.15, 0.2) is 0 Å². The molecule has 142 valence electrons. The summed E-state index contributed by atoms with van der Waals surface area (Å²) in [4.78, 5) is 0. The molecule has 1 unspecified atom stereocenters. The lowest BCUT2D eigenvalue weighted by Gasteiger charge is -2.15. The third-order valence-electron chi connectivity index (χ3n) is 5.44. The molecule has 2 aromatic heterocycles. The predicted molar refractivity (Wildman–Crippen MR) is 118 cm³/mol. The number of nitrogens with one attached hydrogen (secondary N) is 2. The Morgan fingerprint density at radius 1 is 0.759 bits per heavy atom. The van der Waals surface area contributed by atoms with Crippen molar-refractivity contribution in [2.45, 2.75) is 13.3 Å². The standard InChI is InChI=1S/C25H22N4/c1-17-8-5-6-13-21(17)25-16-24(28-29-25)20-12-7-11-19(14-20)23-15-22(26-27-23)18-9-3-2-4-10-18/h2-7,9-17H,8H2,1H3,(H,26,27)(H,28,29). The molecule has 2 aromatic carbocycles. The van der Waals surface area contributed by atoms with E-state index in [-0.39, 0.29) is 0 Å². The number of nitrogens with zero attached hydrogens (tertiary/aromatic N) is 2. The molecule has 0 spiro atoms. The summed E-state index contributed by atoms with van der Waals surface area (Å²) in [6, 6.07) is 22.8. The lowest BCUT2D eigenvalue weighted by molar-refractivity contribution is 0.753. The maximum atomic E-state index is 4.57. The molecule has 2 N–H and O–H groups in total. The van der Waals surface area contributed by atoms with Gasteiger partial charge in [-0.15, -0.1) is 0 Å². The van der Waals surface area contributed by atoms with Crippen LogP contribution in [0, 0.1) is 5.92 Å². The Bertz CT molecular complexity index is 1190. The minimum absolute atomic E-state index is 0.500. The zero-order valence-electron chi connectivity index (χ0n) is 16.3. The summed E-state index contributed by atoms with van der Waals surface area (Å²) in [6.07, 6.45) is 7.58. The largest absolute Gasteiger partial charge is 0.278 e. The molecule has 0 saturated heterocycles. The van der Waals surface area contributed by atoms with Gasteiger partial charge in [-0.1, -0.05) is 73.7 Å². The minimum atomic E-state index is 0.500. The zero-order valence-corrected chi connectivity index (χ0v) is 16.3. The molecule has 1 aliphatic carbocycles. The molecule has 1 atom stereocenters. The highest BCUT2D eigenvalue weighted by Gasteiger charge is 2.15. The molecule has 0 saturated carbocycles. The summed E-state index contributed by atoms with van der Waals surface area (Å²) in [5.74, 6) is 0.500. The summed E-state index contributed by atoms with van der Waals surface area (Å²) in [5.41, 5.74) is 8.56. The van der Waals surface area contributed by atoms with Crippen molar-refractivity contribution in [2.75, 3.05) is 0 Å². The molecule has 29 heavy (non-hydrogen) atoms. The summed E-state index contributed by atoms with van der Waals surface area (Å²) >= 11 is 0. The molecule has 2 heterocycles. The molecule has 0 aliphatic heterocycles. The lowest BCUT2D eigenvalue weighted by atomic mass is 9.91. The molecule has 5 rings (SSSR count). The van der Waals surface area contributed by atoms with Gasteiger partial charge < -0.3 is 0 Å². The Labute approximate surface area is 170 Å². The van der Waals surface area contributed by atoms with Gasteiger partial charge in [-0.2, -0.15) is 10.2 Å². The molecule has 4 aromatic rings. The van der Waals surface area contributed by atoms with Crippen molar-refractivity contribution in [1.82, 2.24) is 20.4 Å². The van der Waals surface area contributed by atoms with Crippen LogP contribution in [0.2, 0.25) is 0 Å². The van der Waals surface area contributed by atoms with Crippen LogP contribution in [0.1, 0.15) is 19.0 Å². The predicted octanol–water partition coefficient (Wildman–Crippen LogP) is 6.11. The van der Waals surface area contributed by atoms with Gasteiger partial charge >= 0.3 is 0 Å². The minimum Gasteiger partial charge on any atom is -0.278 e. The van der Waals surface area contributed by atoms with Crippen molar-refractivity contribution in [1.29, 1.82) is 0 Å². The van der Waals surface area contributed by atoms with Gasteiger partial charge in [-0.3, -0.25) is 10.2 Å². The number of hydrogen-bond acceptors (Lipinski definition) is 2. The van der Waals surface area contributed by atoms with Gasteiger partial charge in [-0.05, 0) is 41.7 Å². The van der Waals surface area contributed by atoms with Crippen molar-refractivity contribution in [3.63, 3.8) is 0 Å². The molecule has 0 amide bonds. The molecule has 4 nitrogen and oxygen atoms in total. The first kappa shape index (κ1) is 17.4. The molecule has 0 bridgehead atoms. The molecule has 0 fully saturated rings. The summed E-state index contributed by atoms with van der Waals surface area (Å²) < 4.78 is 0. The quantitative estimate of drug-likeness (QED) is 0.450. The smallest absolute Gasteiger partial charge is 0.0927 e. The van der Waals surface area contributed by atoms with E-state index in [2.05, 4.69) is 94.1 Å². The fourth-order valence-electron chi connectivity index (χ4n) is 3.79. The Hall–Kier alpha value is -3.66. The Morgan fingerprint density at radius 2 is 1.41 bits per heavy atom. The molecular weight excluding hydrogens is 356 g/mol. The van der Waals surface area contributed by atoms with E-state index in [0.29, 0.717) is 5.92 Å². The Morgan fingerprint density at radius 3 is 2.14 bits per heavy atom. The Balaban J connectivity index is 1.45. The van der Waals surface area contributed by atoms with Gasteiger partial charge in [0.25, 0.3) is 0 Å². The number of aromatic amines is 2. The average molecular weight is 378 g/mol. The highest BCUT2D eigenvalue weighted by molar-refractivity contribution is 5.75. The molecular formula is C25H22N4. The third kappa shape index (κ3) is 3.45. The fourth-order valence-corrected chi connectivity index (χ4v) is 3.79. The topological polar surface area (TPSA) is 57.4 Å². The van der Waals surface area contributed by atoms with Crippen LogP contribution in [0.15, 0.2) is 85.0 Å². The van der Waals surface area contributed by atoms with Crippen LogP contribution in [0.5, 0.6) is 0 Å². The second-order valence-electron chi connectivity index (χ2n) is 7.47. The second-order valence-corrected chi connectivity index (χ2v) is 7.47. The van der Waals surface area contributed by atoms with Crippen molar-refractivity contribution >= 4 is 5.57 Å². The summed E-state index contributed by atoms with van der Waals surface area (Å²) in [7, 11) is 0. The number of allylic oxidation sites excluding steroid dienone is 4. The van der Waals surface area contributed by atoms with Crippen LogP contribution < -0.4 is 0 Å². The van der Waals surface area contributed by atoms with Crippen molar-refractivity contribution in [2.24, 2.45) is 5.92 Å². The van der Waals surface area contributed by atoms with Gasteiger partial charge in [-0.25, -0.2) is 0 Å². The van der Waals surface area contributed by atoms with Gasteiger partial charge in [0.1, 0.15) is 0 Å². The number of H-pyrrole nitrogens is 2. The summed E-state index contributed by atoms with van der Waals surface area (Å²) in [6.45, 7) is 2.25. The monoisotopic (exact) mass is 378 g/mol. The van der Waals surface area contributed by atoms with Crippen LogP contribution in [0.25, 0.3) is 39.3 Å². The maximum Gasteiger partial charge on any atom is 0.0927 e. The van der Waals surface area contributed by atoms with E-state index in [9.17, 15) is 0 Å². The molecule has 0 radical (unpaired) electrons. The van der Waals surface area contributed by atoms with E-state index in [4.69, 9.17) is 0 Å². The number of aromatic nitrogens is 4. The van der Waals surface area contributed by atoms with E-state index in [1.807, 2.05) is 18.2 Å². The van der Waals surface area contributed by atoms with E-state index in [1.165, 1.54) is 5.57 Å². The zero-order chi connectivity index (χ0) is 19.6. The lowest BCUT2D eigenvalue weighted by Crippen LogP contribution is -2.00. The number of benzene rings is 2. The first-order chi connectivity index (χ1) is 14.3. The third-order valence-corrected chi connectivity index (χ3v) is 5.44. The van der Waals surface area contributed by atoms with Crippen molar-refractivity contribution < 1.29 is 0 Å². The highest BCUT2D eigenvalue weighted by Crippen LogP contribution is 2.31. The van der Waals surface area contributed by atoms with Crippen LogP contribution in [-0.4, -0.2) is 20.4 Å². The fraction of sp³-hybridized carbons (Fsp3) is 0.120. The van der Waals surface area contributed by atoms with E-state index in [0.717, 1.165) is 45.9 Å². The van der Waals surface area contributed by atoms with Gasteiger partial charge in [0, 0.05) is 11.1 Å².